The van der Waals surface area contributed by atoms with Crippen molar-refractivity contribution in [3.63, 3.8) is 0 Å². The van der Waals surface area contributed by atoms with Gasteiger partial charge in [-0.15, -0.1) is 0 Å². The molecule has 3 aromatic rings. The Kier molecular flexibility index (Phi) is 4.77. The Morgan fingerprint density at radius 1 is 1.25 bits per heavy atom. The third-order valence-electron chi connectivity index (χ3n) is 4.83. The third-order valence-corrected chi connectivity index (χ3v) is 4.83. The number of benzene rings is 1. The summed E-state index contributed by atoms with van der Waals surface area (Å²) in [5.41, 5.74) is 2.35. The van der Waals surface area contributed by atoms with Gasteiger partial charge in [0.15, 0.2) is 11.5 Å². The van der Waals surface area contributed by atoms with E-state index in [2.05, 4.69) is 15.4 Å². The molecule has 1 aromatic carbocycles. The van der Waals surface area contributed by atoms with Gasteiger partial charge in [0.25, 0.3) is 5.91 Å². The first kappa shape index (κ1) is 18.1. The highest BCUT2D eigenvalue weighted by molar-refractivity contribution is 5.92. The van der Waals surface area contributed by atoms with Crippen LogP contribution in [-0.4, -0.2) is 27.8 Å². The van der Waals surface area contributed by atoms with Gasteiger partial charge >= 0.3 is 0 Å². The van der Waals surface area contributed by atoms with E-state index in [9.17, 15) is 13.6 Å². The highest BCUT2D eigenvalue weighted by Crippen LogP contribution is 2.31. The fourth-order valence-electron chi connectivity index (χ4n) is 3.46. The highest BCUT2D eigenvalue weighted by atomic mass is 19.1. The number of methoxy groups -OCH3 is 1. The molecule has 1 aliphatic carbocycles. The Morgan fingerprint density at radius 2 is 2.04 bits per heavy atom. The van der Waals surface area contributed by atoms with Gasteiger partial charge in [-0.3, -0.25) is 4.79 Å². The van der Waals surface area contributed by atoms with Gasteiger partial charge in [-0.05, 0) is 43.5 Å². The molecule has 28 heavy (non-hydrogen) atoms. The number of pyridine rings is 1. The summed E-state index contributed by atoms with van der Waals surface area (Å²) in [4.78, 5) is 16.0. The number of amides is 1. The molecule has 0 fully saturated rings. The van der Waals surface area contributed by atoms with Crippen LogP contribution in [0, 0.1) is 11.6 Å². The van der Waals surface area contributed by atoms with Crippen molar-refractivity contribution >= 4 is 5.91 Å². The number of rotatable bonds is 4. The van der Waals surface area contributed by atoms with Crippen molar-refractivity contribution < 1.29 is 18.3 Å². The molecule has 0 aliphatic heterocycles. The van der Waals surface area contributed by atoms with Gasteiger partial charge in [-0.2, -0.15) is 5.10 Å². The minimum atomic E-state index is -0.984. The summed E-state index contributed by atoms with van der Waals surface area (Å²) < 4.78 is 33.9. The number of hydrogen-bond donors (Lipinski definition) is 1. The largest absolute Gasteiger partial charge is 0.497 e. The summed E-state index contributed by atoms with van der Waals surface area (Å²) in [5, 5.41) is 7.27. The zero-order valence-electron chi connectivity index (χ0n) is 15.2. The molecule has 1 atom stereocenters. The van der Waals surface area contributed by atoms with Gasteiger partial charge in [0, 0.05) is 17.3 Å². The van der Waals surface area contributed by atoms with E-state index >= 15 is 0 Å². The van der Waals surface area contributed by atoms with Crippen LogP contribution < -0.4 is 10.1 Å². The topological polar surface area (TPSA) is 69.0 Å². The number of hydrogen-bond acceptors (Lipinski definition) is 4. The quantitative estimate of drug-likeness (QED) is 0.749. The van der Waals surface area contributed by atoms with Crippen LogP contribution in [0.4, 0.5) is 8.78 Å². The van der Waals surface area contributed by atoms with E-state index in [1.807, 2.05) is 28.9 Å². The average Bonchev–Trinajstić information content (AvgIpc) is 3.13. The van der Waals surface area contributed by atoms with Crippen LogP contribution in [0.15, 0.2) is 42.7 Å². The van der Waals surface area contributed by atoms with Gasteiger partial charge in [-0.1, -0.05) is 0 Å². The van der Waals surface area contributed by atoms with Gasteiger partial charge in [0.05, 0.1) is 31.2 Å². The average molecular weight is 384 g/mol. The minimum absolute atomic E-state index is 0.311. The maximum atomic E-state index is 13.8. The SMILES string of the molecule is COc1ccc(-n2ncc3c2CCCC3NC(=O)c2ncc(F)cc2F)cc1. The first-order valence-corrected chi connectivity index (χ1v) is 8.90. The van der Waals surface area contributed by atoms with E-state index in [1.54, 1.807) is 13.3 Å². The van der Waals surface area contributed by atoms with E-state index in [-0.39, 0.29) is 6.04 Å². The molecule has 2 aromatic heterocycles. The molecule has 4 rings (SSSR count). The normalized spacial score (nSPS) is 15.8. The van der Waals surface area contributed by atoms with Crippen molar-refractivity contribution in [2.45, 2.75) is 25.3 Å². The lowest BCUT2D eigenvalue weighted by molar-refractivity contribution is 0.0923. The molecule has 144 valence electrons. The second kappa shape index (κ2) is 7.38. The molecule has 1 unspecified atom stereocenters. The number of aromatic nitrogens is 3. The van der Waals surface area contributed by atoms with Crippen molar-refractivity contribution in [3.05, 3.63) is 71.3 Å². The lowest BCUT2D eigenvalue weighted by atomic mass is 9.92. The molecule has 0 spiro atoms. The second-order valence-corrected chi connectivity index (χ2v) is 6.56. The summed E-state index contributed by atoms with van der Waals surface area (Å²) in [5.74, 6) is -1.73. The summed E-state index contributed by atoms with van der Waals surface area (Å²) >= 11 is 0. The van der Waals surface area contributed by atoms with Crippen molar-refractivity contribution in [1.82, 2.24) is 20.1 Å². The van der Waals surface area contributed by atoms with Crippen LogP contribution >= 0.6 is 0 Å². The molecule has 1 aliphatic rings. The lowest BCUT2D eigenvalue weighted by Crippen LogP contribution is -2.32. The number of nitrogens with one attached hydrogen (secondary N) is 1. The van der Waals surface area contributed by atoms with E-state index in [4.69, 9.17) is 4.74 Å². The highest BCUT2D eigenvalue weighted by Gasteiger charge is 2.27. The number of halogens is 2. The molecule has 1 amide bonds. The van der Waals surface area contributed by atoms with E-state index < -0.39 is 23.2 Å². The number of nitrogens with zero attached hydrogens (tertiary/aromatic N) is 3. The van der Waals surface area contributed by atoms with Crippen LogP contribution in [0.2, 0.25) is 0 Å². The van der Waals surface area contributed by atoms with E-state index in [0.29, 0.717) is 12.5 Å². The predicted molar refractivity (Wildman–Crippen MR) is 97.4 cm³/mol. The van der Waals surface area contributed by atoms with Crippen LogP contribution in [0.25, 0.3) is 5.69 Å². The zero-order valence-corrected chi connectivity index (χ0v) is 15.2. The molecule has 6 nitrogen and oxygen atoms in total. The summed E-state index contributed by atoms with van der Waals surface area (Å²) in [6.45, 7) is 0. The Bertz CT molecular complexity index is 1020. The van der Waals surface area contributed by atoms with Crippen LogP contribution in [0.1, 0.15) is 40.6 Å². The summed E-state index contributed by atoms with van der Waals surface area (Å²) in [7, 11) is 1.61. The molecule has 0 saturated heterocycles. The Hall–Kier alpha value is -3.29. The van der Waals surface area contributed by atoms with Gasteiger partial charge in [0.1, 0.15) is 11.6 Å². The maximum Gasteiger partial charge on any atom is 0.273 e. The first-order chi connectivity index (χ1) is 13.6. The molecular weight excluding hydrogens is 366 g/mol. The molecule has 2 heterocycles. The van der Waals surface area contributed by atoms with Crippen molar-refractivity contribution in [2.24, 2.45) is 0 Å². The Morgan fingerprint density at radius 3 is 2.75 bits per heavy atom. The van der Waals surface area contributed by atoms with Crippen LogP contribution in [0.5, 0.6) is 5.75 Å². The van der Waals surface area contributed by atoms with Crippen molar-refractivity contribution in [1.29, 1.82) is 0 Å². The smallest absolute Gasteiger partial charge is 0.273 e. The van der Waals surface area contributed by atoms with Crippen molar-refractivity contribution in [3.8, 4) is 11.4 Å². The molecule has 0 radical (unpaired) electrons. The van der Waals surface area contributed by atoms with Gasteiger partial charge in [0.2, 0.25) is 0 Å². The predicted octanol–water partition coefficient (Wildman–Crippen LogP) is 3.36. The molecular formula is C20H18F2N4O2. The lowest BCUT2D eigenvalue weighted by Gasteiger charge is -2.24. The molecule has 1 N–H and O–H groups in total. The van der Waals surface area contributed by atoms with Gasteiger partial charge in [-0.25, -0.2) is 18.4 Å². The van der Waals surface area contributed by atoms with Crippen molar-refractivity contribution in [2.75, 3.05) is 7.11 Å². The monoisotopic (exact) mass is 384 g/mol. The fraction of sp³-hybridized carbons (Fsp3) is 0.250. The van der Waals surface area contributed by atoms with Crippen LogP contribution in [-0.2, 0) is 6.42 Å². The fourth-order valence-corrected chi connectivity index (χ4v) is 3.46. The standard InChI is InChI=1S/C20H18F2N4O2/c1-28-14-7-5-13(6-8-14)26-18-4-2-3-17(15(18)11-24-26)25-20(27)19-16(22)9-12(21)10-23-19/h5-11,17H,2-4H2,1H3,(H,25,27). The molecule has 8 heteroatoms. The number of carbonyl (C=O) groups is 1. The Labute approximate surface area is 160 Å². The molecule has 0 bridgehead atoms. The van der Waals surface area contributed by atoms with E-state index in [1.165, 1.54) is 0 Å². The number of ether oxygens (including phenoxy) is 1. The maximum absolute atomic E-state index is 13.8. The summed E-state index contributed by atoms with van der Waals surface area (Å²) in [6.07, 6.45) is 4.91. The Balaban J connectivity index is 1.59. The number of carbonyl (C=O) groups excluding carboxylic acids is 1. The van der Waals surface area contributed by atoms with E-state index in [0.717, 1.165) is 41.7 Å². The molecule has 0 saturated carbocycles. The third kappa shape index (κ3) is 3.33. The van der Waals surface area contributed by atoms with Gasteiger partial charge < -0.3 is 10.1 Å². The zero-order chi connectivity index (χ0) is 19.7. The number of fused-ring (bicyclic) bond motifs is 1. The summed E-state index contributed by atoms with van der Waals surface area (Å²) in [6, 6.07) is 7.87. The first-order valence-electron chi connectivity index (χ1n) is 8.90. The minimum Gasteiger partial charge on any atom is -0.497 e. The van der Waals surface area contributed by atoms with Crippen LogP contribution in [0.3, 0.4) is 0 Å². The second-order valence-electron chi connectivity index (χ2n) is 6.56.